The first-order valence-electron chi connectivity index (χ1n) is 5.88. The second kappa shape index (κ2) is 5.27. The van der Waals surface area contributed by atoms with Crippen molar-refractivity contribution in [3.8, 4) is 11.4 Å². The molecule has 98 valence electrons. The molecule has 0 amide bonds. The van der Waals surface area contributed by atoms with E-state index in [4.69, 9.17) is 0 Å². The van der Waals surface area contributed by atoms with Crippen molar-refractivity contribution < 1.29 is 0 Å². The number of nitrogens with one attached hydrogen (secondary N) is 2. The molecule has 20 heavy (non-hydrogen) atoms. The first kappa shape index (κ1) is 12.0. The van der Waals surface area contributed by atoms with Crippen LogP contribution in [0.4, 0.5) is 11.4 Å². The average Bonchev–Trinajstić information content (AvgIpc) is 2.88. The summed E-state index contributed by atoms with van der Waals surface area (Å²) in [4.78, 5) is 19.9. The maximum absolute atomic E-state index is 11.8. The van der Waals surface area contributed by atoms with Crippen LogP contribution in [0.25, 0.3) is 11.4 Å². The van der Waals surface area contributed by atoms with E-state index >= 15 is 0 Å². The van der Waals surface area contributed by atoms with Gasteiger partial charge in [0, 0.05) is 12.4 Å². The monoisotopic (exact) mass is 266 g/mol. The van der Waals surface area contributed by atoms with E-state index in [-0.39, 0.29) is 11.2 Å². The number of aromatic nitrogens is 4. The number of rotatable bonds is 3. The quantitative estimate of drug-likeness (QED) is 0.712. The first-order valence-corrected chi connectivity index (χ1v) is 5.88. The van der Waals surface area contributed by atoms with Crippen molar-refractivity contribution in [2.75, 3.05) is 0 Å². The number of H-pyrrole nitrogens is 2. The van der Waals surface area contributed by atoms with E-state index in [2.05, 4.69) is 30.4 Å². The molecule has 7 nitrogen and oxygen atoms in total. The van der Waals surface area contributed by atoms with Crippen molar-refractivity contribution in [2.24, 2.45) is 10.2 Å². The lowest BCUT2D eigenvalue weighted by Gasteiger charge is -1.96. The lowest BCUT2D eigenvalue weighted by molar-refractivity contribution is 1.05. The van der Waals surface area contributed by atoms with Gasteiger partial charge in [-0.2, -0.15) is 0 Å². The summed E-state index contributed by atoms with van der Waals surface area (Å²) in [6, 6.07) is 8.90. The third kappa shape index (κ3) is 2.37. The zero-order valence-corrected chi connectivity index (χ0v) is 10.3. The number of hydrogen-bond acceptors (Lipinski definition) is 5. The zero-order valence-electron chi connectivity index (χ0n) is 10.3. The largest absolute Gasteiger partial charge is 0.294 e. The molecule has 3 heterocycles. The Morgan fingerprint density at radius 1 is 1.00 bits per heavy atom. The fraction of sp³-hybridized carbons (Fsp3) is 0. The van der Waals surface area contributed by atoms with Gasteiger partial charge in [0.1, 0.15) is 11.4 Å². The van der Waals surface area contributed by atoms with Crippen LogP contribution in [0.5, 0.6) is 0 Å². The minimum absolute atomic E-state index is 0.188. The SMILES string of the molecule is O=c1[nH][nH]c(-c2ccccn2)c1N=Nc1cccnc1. The maximum Gasteiger partial charge on any atom is 0.292 e. The Hall–Kier alpha value is -3.09. The van der Waals surface area contributed by atoms with Crippen LogP contribution in [0, 0.1) is 0 Å². The zero-order chi connectivity index (χ0) is 13.8. The van der Waals surface area contributed by atoms with Crippen LogP contribution in [0.2, 0.25) is 0 Å². The average molecular weight is 266 g/mol. The first-order chi connectivity index (χ1) is 9.84. The molecule has 0 aliphatic heterocycles. The topological polar surface area (TPSA) is 99.2 Å². The molecule has 3 aromatic heterocycles. The van der Waals surface area contributed by atoms with Crippen molar-refractivity contribution >= 4 is 11.4 Å². The standard InChI is InChI=1S/C13H10N6O/c20-13-12(18-16-9-4-3-6-14-8-9)11(17-19-13)10-5-1-2-7-15-10/h1-8H,(H2,17,19,20). The predicted molar refractivity (Wildman–Crippen MR) is 73.1 cm³/mol. The van der Waals surface area contributed by atoms with Gasteiger partial charge in [0.15, 0.2) is 5.69 Å². The van der Waals surface area contributed by atoms with E-state index in [1.54, 1.807) is 42.9 Å². The summed E-state index contributed by atoms with van der Waals surface area (Å²) >= 11 is 0. The lowest BCUT2D eigenvalue weighted by atomic mass is 10.2. The lowest BCUT2D eigenvalue weighted by Crippen LogP contribution is -1.96. The van der Waals surface area contributed by atoms with E-state index in [1.807, 2.05) is 6.07 Å². The molecule has 0 bridgehead atoms. The Balaban J connectivity index is 2.01. The normalized spacial score (nSPS) is 11.0. The third-order valence-electron chi connectivity index (χ3n) is 2.59. The Kier molecular flexibility index (Phi) is 3.15. The Morgan fingerprint density at radius 2 is 1.95 bits per heavy atom. The van der Waals surface area contributed by atoms with Gasteiger partial charge >= 0.3 is 0 Å². The number of aromatic amines is 2. The molecule has 0 unspecified atom stereocenters. The molecule has 3 rings (SSSR count). The highest BCUT2D eigenvalue weighted by Crippen LogP contribution is 2.24. The summed E-state index contributed by atoms with van der Waals surface area (Å²) in [6.45, 7) is 0. The second-order valence-electron chi connectivity index (χ2n) is 3.93. The molecular formula is C13H10N6O. The number of azo groups is 1. The number of pyridine rings is 2. The second-order valence-corrected chi connectivity index (χ2v) is 3.93. The van der Waals surface area contributed by atoms with Crippen molar-refractivity contribution in [3.05, 3.63) is 59.3 Å². The highest BCUT2D eigenvalue weighted by molar-refractivity contribution is 5.67. The van der Waals surface area contributed by atoms with E-state index < -0.39 is 0 Å². The highest BCUT2D eigenvalue weighted by Gasteiger charge is 2.12. The van der Waals surface area contributed by atoms with Crippen LogP contribution in [0.3, 0.4) is 0 Å². The molecule has 2 N–H and O–H groups in total. The summed E-state index contributed by atoms with van der Waals surface area (Å²) in [5.41, 5.74) is 1.53. The summed E-state index contributed by atoms with van der Waals surface area (Å²) in [6.07, 6.45) is 4.84. The highest BCUT2D eigenvalue weighted by atomic mass is 16.1. The minimum Gasteiger partial charge on any atom is -0.294 e. The van der Waals surface area contributed by atoms with Gasteiger partial charge in [-0.1, -0.05) is 6.07 Å². The fourth-order valence-electron chi connectivity index (χ4n) is 1.66. The minimum atomic E-state index is -0.349. The molecule has 0 saturated heterocycles. The van der Waals surface area contributed by atoms with Crippen molar-refractivity contribution in [2.45, 2.75) is 0 Å². The summed E-state index contributed by atoms with van der Waals surface area (Å²) in [7, 11) is 0. The van der Waals surface area contributed by atoms with Gasteiger partial charge in [0.25, 0.3) is 5.56 Å². The van der Waals surface area contributed by atoms with Gasteiger partial charge in [-0.05, 0) is 24.3 Å². The van der Waals surface area contributed by atoms with E-state index in [1.165, 1.54) is 0 Å². The van der Waals surface area contributed by atoms with Crippen LogP contribution >= 0.6 is 0 Å². The van der Waals surface area contributed by atoms with Gasteiger partial charge in [0.05, 0.1) is 11.9 Å². The Labute approximate surface area is 113 Å². The molecule has 7 heteroatoms. The fourth-order valence-corrected chi connectivity index (χ4v) is 1.66. The van der Waals surface area contributed by atoms with Gasteiger partial charge in [-0.15, -0.1) is 10.2 Å². The van der Waals surface area contributed by atoms with Crippen LogP contribution in [-0.4, -0.2) is 20.2 Å². The van der Waals surface area contributed by atoms with Gasteiger partial charge < -0.3 is 0 Å². The third-order valence-corrected chi connectivity index (χ3v) is 2.59. The van der Waals surface area contributed by atoms with Crippen molar-refractivity contribution in [1.29, 1.82) is 0 Å². The molecule has 0 atom stereocenters. The smallest absolute Gasteiger partial charge is 0.292 e. The van der Waals surface area contributed by atoms with Crippen LogP contribution < -0.4 is 5.56 Å². The number of hydrogen-bond donors (Lipinski definition) is 2. The molecule has 3 aromatic rings. The molecule has 0 radical (unpaired) electrons. The van der Waals surface area contributed by atoms with E-state index in [0.717, 1.165) is 0 Å². The molecule has 0 saturated carbocycles. The van der Waals surface area contributed by atoms with Crippen LogP contribution in [0.1, 0.15) is 0 Å². The van der Waals surface area contributed by atoms with Crippen molar-refractivity contribution in [3.63, 3.8) is 0 Å². The molecule has 0 aromatic carbocycles. The molecular weight excluding hydrogens is 256 g/mol. The van der Waals surface area contributed by atoms with E-state index in [0.29, 0.717) is 17.1 Å². The van der Waals surface area contributed by atoms with Gasteiger partial charge in [-0.3, -0.25) is 25.0 Å². The Morgan fingerprint density at radius 3 is 2.70 bits per heavy atom. The maximum atomic E-state index is 11.8. The van der Waals surface area contributed by atoms with E-state index in [9.17, 15) is 4.79 Å². The molecule has 0 fully saturated rings. The summed E-state index contributed by atoms with van der Waals surface area (Å²) in [5.74, 6) is 0. The predicted octanol–water partition coefficient (Wildman–Crippen LogP) is 2.58. The molecule has 0 aliphatic rings. The Bertz CT molecular complexity index is 775. The molecule has 0 aliphatic carbocycles. The van der Waals surface area contributed by atoms with Crippen molar-refractivity contribution in [1.82, 2.24) is 20.2 Å². The van der Waals surface area contributed by atoms with Gasteiger partial charge in [-0.25, -0.2) is 0 Å². The van der Waals surface area contributed by atoms with Gasteiger partial charge in [0.2, 0.25) is 0 Å². The summed E-state index contributed by atoms with van der Waals surface area (Å²) < 4.78 is 0. The summed E-state index contributed by atoms with van der Waals surface area (Å²) in [5, 5.41) is 13.2. The number of nitrogens with zero attached hydrogens (tertiary/aromatic N) is 4. The molecule has 0 spiro atoms. The van der Waals surface area contributed by atoms with Crippen LogP contribution in [0.15, 0.2) is 63.9 Å². The van der Waals surface area contributed by atoms with Crippen LogP contribution in [-0.2, 0) is 0 Å².